The number of aromatic nitrogens is 1. The normalized spacial score (nSPS) is 13.0. The number of hydrogen-bond acceptors (Lipinski definition) is 5. The van der Waals surface area contributed by atoms with Crippen molar-refractivity contribution < 1.29 is 19.2 Å². The highest BCUT2D eigenvalue weighted by Crippen LogP contribution is 2.19. The lowest BCUT2D eigenvalue weighted by atomic mass is 10.0. The number of benzene rings is 2. The van der Waals surface area contributed by atoms with E-state index in [4.69, 9.17) is 17.2 Å². The first-order chi connectivity index (χ1) is 19.1. The van der Waals surface area contributed by atoms with Gasteiger partial charge in [0.25, 0.3) is 0 Å². The number of nitrogens with two attached hydrogens (primary N) is 3. The maximum absolute atomic E-state index is 13.4. The Morgan fingerprint density at radius 3 is 2.15 bits per heavy atom. The van der Waals surface area contributed by atoms with Gasteiger partial charge in [-0.2, -0.15) is 0 Å². The van der Waals surface area contributed by atoms with Crippen LogP contribution in [0.4, 0.5) is 0 Å². The number of para-hydroxylation sites is 1. The number of nitrogens with one attached hydrogen (secondary N) is 4. The second kappa shape index (κ2) is 14.3. The van der Waals surface area contributed by atoms with E-state index in [9.17, 15) is 19.2 Å². The standard InChI is InChI=1S/C28H36N8O4/c1-17(37)34-24(14-18-8-3-2-4-9-18)27(40)35-22(12-7-13-32-28(30)31)26(39)36-23(25(29)38)15-19-16-33-21-11-6-5-10-20(19)21/h2-6,8-11,16,22-24,33H,7,12-15H2,1H3,(H2,29,38)(H,34,37)(H,35,40)(H,36,39)(H4,30,31,32)/t22-,23-,24-/m0/s1. The van der Waals surface area contributed by atoms with Crippen LogP contribution in [-0.4, -0.2) is 59.2 Å². The van der Waals surface area contributed by atoms with Gasteiger partial charge in [-0.1, -0.05) is 48.5 Å². The van der Waals surface area contributed by atoms with Crippen LogP contribution in [0, 0.1) is 0 Å². The van der Waals surface area contributed by atoms with E-state index in [0.717, 1.165) is 22.0 Å². The Morgan fingerprint density at radius 1 is 0.825 bits per heavy atom. The SMILES string of the molecule is CC(=O)N[C@@H](Cc1ccccc1)C(=O)N[C@@H](CCCN=C(N)N)C(=O)N[C@@H](Cc1c[nH]c2ccccc12)C(N)=O. The van der Waals surface area contributed by atoms with E-state index in [1.54, 1.807) is 6.20 Å². The van der Waals surface area contributed by atoms with Gasteiger partial charge in [0.2, 0.25) is 23.6 Å². The fraction of sp³-hybridized carbons (Fsp3) is 0.321. The van der Waals surface area contributed by atoms with Gasteiger partial charge in [-0.15, -0.1) is 0 Å². The lowest BCUT2D eigenvalue weighted by Crippen LogP contribution is -2.57. The summed E-state index contributed by atoms with van der Waals surface area (Å²) in [6, 6.07) is 13.8. The molecule has 40 heavy (non-hydrogen) atoms. The maximum atomic E-state index is 13.4. The van der Waals surface area contributed by atoms with Crippen molar-refractivity contribution in [1.82, 2.24) is 20.9 Å². The number of carbonyl (C=O) groups is 4. The third-order valence-corrected chi connectivity index (χ3v) is 6.31. The van der Waals surface area contributed by atoms with Gasteiger partial charge in [-0.3, -0.25) is 24.2 Å². The molecule has 0 aliphatic rings. The summed E-state index contributed by atoms with van der Waals surface area (Å²) in [5.74, 6) is -2.34. The summed E-state index contributed by atoms with van der Waals surface area (Å²) in [6.07, 6.45) is 2.68. The quantitative estimate of drug-likeness (QED) is 0.0834. The number of primary amides is 1. The molecule has 0 aliphatic carbocycles. The second-order valence-corrected chi connectivity index (χ2v) is 9.48. The van der Waals surface area contributed by atoms with Gasteiger partial charge in [0.1, 0.15) is 18.1 Å². The van der Waals surface area contributed by atoms with Gasteiger partial charge >= 0.3 is 0 Å². The monoisotopic (exact) mass is 548 g/mol. The molecule has 2 aromatic carbocycles. The fourth-order valence-electron chi connectivity index (χ4n) is 4.36. The molecule has 3 atom stereocenters. The molecular weight excluding hydrogens is 512 g/mol. The lowest BCUT2D eigenvalue weighted by molar-refractivity contribution is -0.133. The van der Waals surface area contributed by atoms with Gasteiger partial charge < -0.3 is 38.1 Å². The molecule has 212 valence electrons. The molecule has 4 amide bonds. The van der Waals surface area contributed by atoms with Gasteiger partial charge in [0.15, 0.2) is 5.96 Å². The summed E-state index contributed by atoms with van der Waals surface area (Å²) in [5.41, 5.74) is 19.0. The summed E-state index contributed by atoms with van der Waals surface area (Å²) in [5, 5.41) is 8.97. The fourth-order valence-corrected chi connectivity index (χ4v) is 4.36. The first kappa shape index (κ1) is 29.7. The molecule has 12 heteroatoms. The van der Waals surface area contributed by atoms with E-state index in [0.29, 0.717) is 6.42 Å². The highest BCUT2D eigenvalue weighted by atomic mass is 16.2. The molecule has 1 heterocycles. The molecule has 0 fully saturated rings. The number of amides is 4. The van der Waals surface area contributed by atoms with Crippen molar-refractivity contribution in [2.75, 3.05) is 6.54 Å². The molecule has 0 saturated carbocycles. The predicted molar refractivity (Wildman–Crippen MR) is 153 cm³/mol. The number of fused-ring (bicyclic) bond motifs is 1. The Bertz CT molecular complexity index is 1350. The van der Waals surface area contributed by atoms with Crippen LogP contribution in [0.3, 0.4) is 0 Å². The minimum absolute atomic E-state index is 0.0915. The van der Waals surface area contributed by atoms with Gasteiger partial charge in [0.05, 0.1) is 0 Å². The number of guanidine groups is 1. The highest BCUT2D eigenvalue weighted by molar-refractivity contribution is 5.94. The average Bonchev–Trinajstić information content (AvgIpc) is 3.32. The van der Waals surface area contributed by atoms with E-state index in [2.05, 4.69) is 25.9 Å². The molecule has 0 unspecified atom stereocenters. The van der Waals surface area contributed by atoms with E-state index in [1.165, 1.54) is 6.92 Å². The Kier molecular flexibility index (Phi) is 10.6. The second-order valence-electron chi connectivity index (χ2n) is 9.48. The minimum atomic E-state index is -1.04. The summed E-state index contributed by atoms with van der Waals surface area (Å²) >= 11 is 0. The van der Waals surface area contributed by atoms with Crippen molar-refractivity contribution in [3.8, 4) is 0 Å². The number of aromatic amines is 1. The van der Waals surface area contributed by atoms with Crippen molar-refractivity contribution in [2.45, 2.75) is 50.7 Å². The number of carbonyl (C=O) groups excluding carboxylic acids is 4. The van der Waals surface area contributed by atoms with Crippen molar-refractivity contribution in [1.29, 1.82) is 0 Å². The van der Waals surface area contributed by atoms with E-state index < -0.39 is 41.8 Å². The zero-order valence-corrected chi connectivity index (χ0v) is 22.4. The molecule has 0 radical (unpaired) electrons. The lowest BCUT2D eigenvalue weighted by Gasteiger charge is -2.24. The average molecular weight is 549 g/mol. The number of rotatable bonds is 14. The smallest absolute Gasteiger partial charge is 0.243 e. The van der Waals surface area contributed by atoms with Crippen molar-refractivity contribution in [3.63, 3.8) is 0 Å². The maximum Gasteiger partial charge on any atom is 0.243 e. The predicted octanol–water partition coefficient (Wildman–Crippen LogP) is -0.0337. The Labute approximate surface area is 232 Å². The molecule has 10 N–H and O–H groups in total. The van der Waals surface area contributed by atoms with Crippen molar-refractivity contribution >= 4 is 40.5 Å². The van der Waals surface area contributed by atoms with Crippen molar-refractivity contribution in [2.24, 2.45) is 22.2 Å². The summed E-state index contributed by atoms with van der Waals surface area (Å²) in [7, 11) is 0. The van der Waals surface area contributed by atoms with Crippen LogP contribution < -0.4 is 33.2 Å². The summed E-state index contributed by atoms with van der Waals surface area (Å²) in [6.45, 7) is 1.54. The number of hydrogen-bond donors (Lipinski definition) is 7. The first-order valence-electron chi connectivity index (χ1n) is 13.0. The largest absolute Gasteiger partial charge is 0.370 e. The van der Waals surface area contributed by atoms with Gasteiger partial charge in [-0.25, -0.2) is 0 Å². The Balaban J connectivity index is 1.77. The number of aliphatic imine (C=N–C) groups is 1. The molecule has 0 saturated heterocycles. The topological polar surface area (TPSA) is 211 Å². The molecule has 0 spiro atoms. The van der Waals surface area contributed by atoms with Crippen LogP contribution in [-0.2, 0) is 32.0 Å². The van der Waals surface area contributed by atoms with E-state index in [1.807, 2.05) is 54.6 Å². The van der Waals surface area contributed by atoms with Crippen molar-refractivity contribution in [3.05, 3.63) is 71.9 Å². The zero-order valence-electron chi connectivity index (χ0n) is 22.4. The molecule has 3 aromatic rings. The summed E-state index contributed by atoms with van der Waals surface area (Å²) in [4.78, 5) is 57.9. The van der Waals surface area contributed by atoms with Crippen LogP contribution in [0.25, 0.3) is 10.9 Å². The van der Waals surface area contributed by atoms with Gasteiger partial charge in [-0.05, 0) is 30.0 Å². The number of H-pyrrole nitrogens is 1. The Hall–Kier alpha value is -4.87. The third kappa shape index (κ3) is 8.86. The van der Waals surface area contributed by atoms with Crippen LogP contribution in [0.1, 0.15) is 30.9 Å². The summed E-state index contributed by atoms with van der Waals surface area (Å²) < 4.78 is 0. The molecule has 12 nitrogen and oxygen atoms in total. The zero-order chi connectivity index (χ0) is 29.1. The van der Waals surface area contributed by atoms with Crippen LogP contribution in [0.15, 0.2) is 65.8 Å². The first-order valence-corrected chi connectivity index (χ1v) is 13.0. The number of nitrogens with zero attached hydrogens (tertiary/aromatic N) is 1. The molecular formula is C28H36N8O4. The minimum Gasteiger partial charge on any atom is -0.370 e. The van der Waals surface area contributed by atoms with E-state index >= 15 is 0 Å². The van der Waals surface area contributed by atoms with Crippen LogP contribution in [0.5, 0.6) is 0 Å². The van der Waals surface area contributed by atoms with Crippen LogP contribution in [0.2, 0.25) is 0 Å². The molecule has 0 aliphatic heterocycles. The van der Waals surface area contributed by atoms with Gasteiger partial charge in [0, 0.05) is 43.4 Å². The van der Waals surface area contributed by atoms with E-state index in [-0.39, 0.29) is 31.8 Å². The highest BCUT2D eigenvalue weighted by Gasteiger charge is 2.29. The molecule has 3 rings (SSSR count). The van der Waals surface area contributed by atoms with Crippen LogP contribution >= 0.6 is 0 Å². The molecule has 0 bridgehead atoms. The Morgan fingerprint density at radius 2 is 1.48 bits per heavy atom. The third-order valence-electron chi connectivity index (χ3n) is 6.31. The molecule has 1 aromatic heterocycles.